The number of pyridine rings is 1. The maximum Gasteiger partial charge on any atom is 0.242 e. The predicted octanol–water partition coefficient (Wildman–Crippen LogP) is 0.0691. The van der Waals surface area contributed by atoms with E-state index in [4.69, 9.17) is 0 Å². The predicted molar refractivity (Wildman–Crippen MR) is 91.7 cm³/mol. The van der Waals surface area contributed by atoms with Crippen molar-refractivity contribution in [2.75, 3.05) is 19.6 Å². The molecule has 3 rings (SSSR count). The molecule has 0 bridgehead atoms. The van der Waals surface area contributed by atoms with Crippen LogP contribution in [0, 0.1) is 0 Å². The van der Waals surface area contributed by atoms with Gasteiger partial charge in [0.2, 0.25) is 20.0 Å². The average molecular weight is 389 g/mol. The first-order valence-corrected chi connectivity index (χ1v) is 11.3. The monoisotopic (exact) mass is 389 g/mol. The second-order valence-corrected chi connectivity index (χ2v) is 10.7. The van der Waals surface area contributed by atoms with Crippen molar-refractivity contribution in [2.45, 2.75) is 47.9 Å². The maximum absolute atomic E-state index is 12.3. The van der Waals surface area contributed by atoms with Crippen LogP contribution < -0.4 is 4.72 Å². The van der Waals surface area contributed by atoms with Gasteiger partial charge in [-0.25, -0.2) is 25.9 Å². The SMILES string of the molecule is O=S(=O)(NC[C@@]1(O)CCCN(S(=O)(=O)C2CC2)CC1)c1cccnc1. The van der Waals surface area contributed by atoms with Gasteiger partial charge in [0.25, 0.3) is 0 Å². The minimum Gasteiger partial charge on any atom is -0.388 e. The van der Waals surface area contributed by atoms with Crippen molar-refractivity contribution in [3.8, 4) is 0 Å². The molecule has 0 radical (unpaired) electrons. The third kappa shape index (κ3) is 4.37. The van der Waals surface area contributed by atoms with E-state index in [0.717, 1.165) is 0 Å². The van der Waals surface area contributed by atoms with Crippen LogP contribution in [0.1, 0.15) is 32.1 Å². The van der Waals surface area contributed by atoms with E-state index in [9.17, 15) is 21.9 Å². The maximum atomic E-state index is 12.3. The van der Waals surface area contributed by atoms with Crippen molar-refractivity contribution in [3.05, 3.63) is 24.5 Å². The zero-order valence-electron chi connectivity index (χ0n) is 13.8. The Bertz CT molecular complexity index is 809. The molecule has 140 valence electrons. The van der Waals surface area contributed by atoms with Crippen LogP contribution in [-0.4, -0.2) is 61.7 Å². The number of hydrogen-bond donors (Lipinski definition) is 2. The van der Waals surface area contributed by atoms with Crippen LogP contribution in [0.15, 0.2) is 29.4 Å². The summed E-state index contributed by atoms with van der Waals surface area (Å²) in [7, 11) is -7.03. The van der Waals surface area contributed by atoms with Gasteiger partial charge in [-0.1, -0.05) is 0 Å². The molecule has 2 fully saturated rings. The normalized spacial score (nSPS) is 26.3. The Hall–Kier alpha value is -1.07. The van der Waals surface area contributed by atoms with E-state index in [1.165, 1.54) is 28.8 Å². The molecule has 2 aliphatic rings. The third-order valence-electron chi connectivity index (χ3n) is 4.72. The number of rotatable bonds is 6. The quantitative estimate of drug-likeness (QED) is 0.711. The zero-order valence-corrected chi connectivity index (χ0v) is 15.5. The Morgan fingerprint density at radius 3 is 2.64 bits per heavy atom. The summed E-state index contributed by atoms with van der Waals surface area (Å²) in [4.78, 5) is 3.81. The van der Waals surface area contributed by atoms with E-state index in [1.807, 2.05) is 0 Å². The molecule has 1 atom stereocenters. The lowest BCUT2D eigenvalue weighted by Gasteiger charge is -2.27. The Labute approximate surface area is 148 Å². The van der Waals surface area contributed by atoms with Crippen molar-refractivity contribution in [1.29, 1.82) is 0 Å². The first-order valence-electron chi connectivity index (χ1n) is 8.34. The molecule has 1 saturated heterocycles. The molecule has 1 aliphatic heterocycles. The summed E-state index contributed by atoms with van der Waals surface area (Å²) in [6.45, 7) is 0.433. The highest BCUT2D eigenvalue weighted by Gasteiger charge is 2.42. The highest BCUT2D eigenvalue weighted by molar-refractivity contribution is 7.90. The van der Waals surface area contributed by atoms with Crippen LogP contribution in [0.4, 0.5) is 0 Å². The lowest BCUT2D eigenvalue weighted by molar-refractivity contribution is 0.0323. The lowest BCUT2D eigenvalue weighted by Crippen LogP contribution is -2.44. The van der Waals surface area contributed by atoms with E-state index in [-0.39, 0.29) is 29.7 Å². The Kier molecular flexibility index (Phi) is 5.18. The largest absolute Gasteiger partial charge is 0.388 e. The summed E-state index contributed by atoms with van der Waals surface area (Å²) in [6.07, 6.45) is 5.17. The fraction of sp³-hybridized carbons (Fsp3) is 0.667. The molecule has 1 aliphatic carbocycles. The van der Waals surface area contributed by atoms with Crippen molar-refractivity contribution in [3.63, 3.8) is 0 Å². The van der Waals surface area contributed by atoms with Crippen LogP contribution in [0.3, 0.4) is 0 Å². The third-order valence-corrected chi connectivity index (χ3v) is 8.50. The van der Waals surface area contributed by atoms with Gasteiger partial charge in [0, 0.05) is 32.0 Å². The standard InChI is InChI=1S/C15H23N3O5S2/c19-15(12-17-24(20,21)14-3-1-8-16-11-14)6-2-9-18(10-7-15)25(22,23)13-4-5-13/h1,3,8,11,13,17,19H,2,4-7,9-10,12H2/t15-/m1/s1. The van der Waals surface area contributed by atoms with Crippen molar-refractivity contribution >= 4 is 20.0 Å². The molecular formula is C15H23N3O5S2. The Morgan fingerprint density at radius 2 is 2.00 bits per heavy atom. The highest BCUT2D eigenvalue weighted by Crippen LogP contribution is 2.33. The molecule has 0 spiro atoms. The van der Waals surface area contributed by atoms with Crippen LogP contribution in [-0.2, 0) is 20.0 Å². The molecule has 1 saturated carbocycles. The van der Waals surface area contributed by atoms with Gasteiger partial charge < -0.3 is 5.11 Å². The molecule has 0 amide bonds. The van der Waals surface area contributed by atoms with E-state index >= 15 is 0 Å². The van der Waals surface area contributed by atoms with Gasteiger partial charge in [-0.3, -0.25) is 4.98 Å². The minimum atomic E-state index is -3.76. The van der Waals surface area contributed by atoms with Crippen LogP contribution in [0.2, 0.25) is 0 Å². The smallest absolute Gasteiger partial charge is 0.242 e. The van der Waals surface area contributed by atoms with Crippen LogP contribution in [0.5, 0.6) is 0 Å². The van der Waals surface area contributed by atoms with Gasteiger partial charge in [-0.05, 0) is 44.2 Å². The summed E-state index contributed by atoms with van der Waals surface area (Å²) in [5.74, 6) is 0. The number of sulfonamides is 2. The fourth-order valence-electron chi connectivity index (χ4n) is 2.98. The number of aliphatic hydroxyl groups is 1. The number of nitrogens with zero attached hydrogens (tertiary/aromatic N) is 2. The van der Waals surface area contributed by atoms with Gasteiger partial charge >= 0.3 is 0 Å². The first kappa shape index (κ1) is 18.7. The highest BCUT2D eigenvalue weighted by atomic mass is 32.2. The second-order valence-electron chi connectivity index (χ2n) is 6.73. The zero-order chi connectivity index (χ0) is 18.1. The summed E-state index contributed by atoms with van der Waals surface area (Å²) < 4.78 is 53.0. The number of aromatic nitrogens is 1. The Balaban J connectivity index is 1.63. The second kappa shape index (κ2) is 6.92. The molecule has 8 nitrogen and oxygen atoms in total. The molecule has 1 aromatic rings. The molecular weight excluding hydrogens is 366 g/mol. The fourth-order valence-corrected chi connectivity index (χ4v) is 5.95. The van der Waals surface area contributed by atoms with Crippen molar-refractivity contribution < 1.29 is 21.9 Å². The first-order chi connectivity index (χ1) is 11.7. The van der Waals surface area contributed by atoms with E-state index in [1.54, 1.807) is 0 Å². The van der Waals surface area contributed by atoms with Crippen molar-refractivity contribution in [2.24, 2.45) is 0 Å². The van der Waals surface area contributed by atoms with Crippen molar-refractivity contribution in [1.82, 2.24) is 14.0 Å². The molecule has 0 unspecified atom stereocenters. The van der Waals surface area contributed by atoms with E-state index in [0.29, 0.717) is 32.2 Å². The molecule has 2 heterocycles. The van der Waals surface area contributed by atoms with E-state index < -0.39 is 25.6 Å². The van der Waals surface area contributed by atoms with Gasteiger partial charge in [-0.2, -0.15) is 0 Å². The molecule has 10 heteroatoms. The summed E-state index contributed by atoms with van der Waals surface area (Å²) in [6, 6.07) is 2.95. The van der Waals surface area contributed by atoms with Gasteiger partial charge in [0.05, 0.1) is 10.9 Å². The summed E-state index contributed by atoms with van der Waals surface area (Å²) >= 11 is 0. The summed E-state index contributed by atoms with van der Waals surface area (Å²) in [5.41, 5.74) is -1.26. The molecule has 25 heavy (non-hydrogen) atoms. The van der Waals surface area contributed by atoms with E-state index in [2.05, 4.69) is 9.71 Å². The van der Waals surface area contributed by atoms with Gasteiger partial charge in [-0.15, -0.1) is 0 Å². The van der Waals surface area contributed by atoms with Gasteiger partial charge in [0.15, 0.2) is 0 Å². The minimum absolute atomic E-state index is 0.0326. The molecule has 0 aromatic carbocycles. The number of hydrogen-bond acceptors (Lipinski definition) is 6. The van der Waals surface area contributed by atoms with Gasteiger partial charge in [0.1, 0.15) is 4.90 Å². The average Bonchev–Trinajstić information content (AvgIpc) is 3.42. The van der Waals surface area contributed by atoms with Crippen LogP contribution in [0.25, 0.3) is 0 Å². The molecule has 2 N–H and O–H groups in total. The Morgan fingerprint density at radius 1 is 1.24 bits per heavy atom. The topological polar surface area (TPSA) is 117 Å². The van der Waals surface area contributed by atoms with Crippen LogP contribution >= 0.6 is 0 Å². The molecule has 1 aromatic heterocycles. The lowest BCUT2D eigenvalue weighted by atomic mass is 9.95. The number of nitrogens with one attached hydrogen (secondary N) is 1. The summed E-state index contributed by atoms with van der Waals surface area (Å²) in [5, 5.41) is 10.5.